The molecule has 5 unspecified atom stereocenters. The van der Waals surface area contributed by atoms with Crippen LogP contribution in [0.4, 0.5) is 8.78 Å². The molecule has 25 heavy (non-hydrogen) atoms. The van der Waals surface area contributed by atoms with Crippen LogP contribution in [0.15, 0.2) is 0 Å². The first-order valence-corrected chi connectivity index (χ1v) is 8.48. The van der Waals surface area contributed by atoms with Crippen LogP contribution in [0, 0.1) is 11.8 Å². The fraction of sp³-hybridized carbons (Fsp3) is 0.750. The van der Waals surface area contributed by atoms with Crippen LogP contribution in [0.1, 0.15) is 6.42 Å². The highest BCUT2D eigenvalue weighted by molar-refractivity contribution is 7.86. The first-order valence-electron chi connectivity index (χ1n) is 7.04. The summed E-state index contributed by atoms with van der Waals surface area (Å²) in [6, 6.07) is 0. The predicted molar refractivity (Wildman–Crippen MR) is 68.6 cm³/mol. The van der Waals surface area contributed by atoms with E-state index in [2.05, 4.69) is 9.47 Å². The number of carbonyl (C=O) groups excluding carboxylic acids is 3. The summed E-state index contributed by atoms with van der Waals surface area (Å²) in [5.74, 6) is -4.20. The minimum Gasteiger partial charge on any atom is -0.458 e. The second-order valence-corrected chi connectivity index (χ2v) is 7.34. The van der Waals surface area contributed by atoms with Crippen molar-refractivity contribution in [2.24, 2.45) is 11.8 Å². The SMILES string of the molecule is O=C(COC(=O)C1C2CC3C(=O)OC1C3O2)OCC(F)(F)S(=O)(=O)O. The van der Waals surface area contributed by atoms with Crippen LogP contribution in [-0.2, 0) is 43.4 Å². The summed E-state index contributed by atoms with van der Waals surface area (Å²) < 4.78 is 73.8. The van der Waals surface area contributed by atoms with Gasteiger partial charge in [-0.25, -0.2) is 4.79 Å². The van der Waals surface area contributed by atoms with Crippen LogP contribution in [-0.4, -0.2) is 67.7 Å². The Hall–Kier alpha value is -1.86. The van der Waals surface area contributed by atoms with E-state index in [1.54, 1.807) is 0 Å². The van der Waals surface area contributed by atoms with Gasteiger partial charge in [-0.2, -0.15) is 17.2 Å². The second kappa shape index (κ2) is 5.85. The Balaban J connectivity index is 1.49. The Bertz CT molecular complexity index is 719. The second-order valence-electron chi connectivity index (χ2n) is 5.79. The molecule has 2 bridgehead atoms. The molecule has 3 aliphatic rings. The van der Waals surface area contributed by atoms with E-state index in [9.17, 15) is 31.6 Å². The number of carbonyl (C=O) groups is 3. The van der Waals surface area contributed by atoms with Crippen LogP contribution >= 0.6 is 0 Å². The number of esters is 3. The average Bonchev–Trinajstić information content (AvgIpc) is 3.12. The Morgan fingerprint density at radius 3 is 2.60 bits per heavy atom. The zero-order valence-corrected chi connectivity index (χ0v) is 13.1. The highest BCUT2D eigenvalue weighted by Crippen LogP contribution is 2.49. The fourth-order valence-electron chi connectivity index (χ4n) is 3.08. The van der Waals surface area contributed by atoms with Crippen molar-refractivity contribution in [3.63, 3.8) is 0 Å². The lowest BCUT2D eigenvalue weighted by atomic mass is 9.82. The number of hydrogen-bond acceptors (Lipinski definition) is 9. The molecule has 3 heterocycles. The molecule has 3 rings (SSSR count). The maximum absolute atomic E-state index is 12.9. The zero-order chi connectivity index (χ0) is 18.6. The van der Waals surface area contributed by atoms with Crippen molar-refractivity contribution < 1.29 is 55.1 Å². The summed E-state index contributed by atoms with van der Waals surface area (Å²) in [5.41, 5.74) is 0. The Morgan fingerprint density at radius 1 is 1.28 bits per heavy atom. The molecule has 0 aliphatic carbocycles. The lowest BCUT2D eigenvalue weighted by Crippen LogP contribution is -2.39. The van der Waals surface area contributed by atoms with Gasteiger partial charge in [0.2, 0.25) is 0 Å². The number of hydrogen-bond donors (Lipinski definition) is 1. The molecule has 1 N–H and O–H groups in total. The molecular formula is C12H12F2O10S. The lowest BCUT2D eigenvalue weighted by molar-refractivity contribution is -0.167. The van der Waals surface area contributed by atoms with Gasteiger partial charge in [-0.3, -0.25) is 14.1 Å². The number of halogens is 2. The van der Waals surface area contributed by atoms with Crippen LogP contribution in [0.5, 0.6) is 0 Å². The van der Waals surface area contributed by atoms with Crippen molar-refractivity contribution >= 4 is 28.0 Å². The van der Waals surface area contributed by atoms with Gasteiger partial charge in [-0.1, -0.05) is 0 Å². The summed E-state index contributed by atoms with van der Waals surface area (Å²) in [7, 11) is -5.74. The zero-order valence-electron chi connectivity index (χ0n) is 12.3. The maximum atomic E-state index is 12.9. The minimum absolute atomic E-state index is 0.283. The molecule has 3 fully saturated rings. The Morgan fingerprint density at radius 2 is 1.96 bits per heavy atom. The molecule has 13 heteroatoms. The normalized spacial score (nSPS) is 33.2. The third-order valence-electron chi connectivity index (χ3n) is 4.23. The smallest absolute Gasteiger partial charge is 0.402 e. The standard InChI is InChI=1S/C12H12F2O10S/c13-12(14,25(18,19)20)3-22-6(15)2-21-11(17)7-5-1-4-8(23-5)9(7)24-10(4)16/h4-5,7-9H,1-3H2,(H,18,19,20). The van der Waals surface area contributed by atoms with Gasteiger partial charge >= 0.3 is 33.3 Å². The van der Waals surface area contributed by atoms with Gasteiger partial charge in [0.25, 0.3) is 0 Å². The maximum Gasteiger partial charge on any atom is 0.402 e. The van der Waals surface area contributed by atoms with Gasteiger partial charge in [0.15, 0.2) is 13.2 Å². The summed E-state index contributed by atoms with van der Waals surface area (Å²) in [6.45, 7) is -2.99. The molecule has 0 saturated carbocycles. The number of ether oxygens (including phenoxy) is 4. The summed E-state index contributed by atoms with van der Waals surface area (Å²) in [6.07, 6.45) is -1.68. The van der Waals surface area contributed by atoms with Crippen molar-refractivity contribution in [2.45, 2.75) is 30.0 Å². The lowest BCUT2D eigenvalue weighted by Gasteiger charge is -2.20. The van der Waals surface area contributed by atoms with Gasteiger partial charge in [-0.15, -0.1) is 0 Å². The minimum atomic E-state index is -5.74. The molecule has 0 amide bonds. The largest absolute Gasteiger partial charge is 0.458 e. The van der Waals surface area contributed by atoms with Gasteiger partial charge < -0.3 is 18.9 Å². The van der Waals surface area contributed by atoms with E-state index in [0.29, 0.717) is 0 Å². The molecule has 3 saturated heterocycles. The van der Waals surface area contributed by atoms with Gasteiger partial charge in [0, 0.05) is 0 Å². The highest BCUT2D eigenvalue weighted by atomic mass is 32.2. The molecule has 0 aromatic rings. The van der Waals surface area contributed by atoms with Crippen molar-refractivity contribution in [1.29, 1.82) is 0 Å². The van der Waals surface area contributed by atoms with Crippen LogP contribution in [0.3, 0.4) is 0 Å². The summed E-state index contributed by atoms with van der Waals surface area (Å²) >= 11 is 0. The van der Waals surface area contributed by atoms with E-state index < -0.39 is 76.6 Å². The fourth-order valence-corrected chi connectivity index (χ4v) is 3.28. The summed E-state index contributed by atoms with van der Waals surface area (Å²) in [5, 5.41) is -4.68. The van der Waals surface area contributed by atoms with Crippen molar-refractivity contribution in [2.75, 3.05) is 13.2 Å². The molecule has 5 atom stereocenters. The van der Waals surface area contributed by atoms with E-state index >= 15 is 0 Å². The summed E-state index contributed by atoms with van der Waals surface area (Å²) in [4.78, 5) is 34.8. The van der Waals surface area contributed by atoms with Gasteiger partial charge in [0.05, 0.1) is 12.0 Å². The number of alkyl halides is 2. The Labute approximate surface area is 139 Å². The quantitative estimate of drug-likeness (QED) is 0.339. The van der Waals surface area contributed by atoms with Crippen molar-refractivity contribution in [3.8, 4) is 0 Å². The van der Waals surface area contributed by atoms with Crippen molar-refractivity contribution in [1.82, 2.24) is 0 Å². The monoisotopic (exact) mass is 386 g/mol. The third kappa shape index (κ3) is 3.06. The van der Waals surface area contributed by atoms with Crippen molar-refractivity contribution in [3.05, 3.63) is 0 Å². The molecular weight excluding hydrogens is 374 g/mol. The van der Waals surface area contributed by atoms with Crippen LogP contribution < -0.4 is 0 Å². The van der Waals surface area contributed by atoms with Gasteiger partial charge in [0.1, 0.15) is 18.1 Å². The predicted octanol–water partition coefficient (Wildman–Crippen LogP) is -1.12. The first-order chi connectivity index (χ1) is 11.5. The van der Waals surface area contributed by atoms with E-state index in [4.69, 9.17) is 14.0 Å². The molecule has 0 aromatic heterocycles. The molecule has 0 aromatic carbocycles. The van der Waals surface area contributed by atoms with Gasteiger partial charge in [-0.05, 0) is 6.42 Å². The van der Waals surface area contributed by atoms with E-state index in [1.807, 2.05) is 0 Å². The molecule has 0 spiro atoms. The van der Waals surface area contributed by atoms with E-state index in [0.717, 1.165) is 0 Å². The van der Waals surface area contributed by atoms with Crippen LogP contribution in [0.2, 0.25) is 0 Å². The average molecular weight is 386 g/mol. The highest BCUT2D eigenvalue weighted by Gasteiger charge is 2.66. The Kier molecular flexibility index (Phi) is 4.20. The van der Waals surface area contributed by atoms with Crippen LogP contribution in [0.25, 0.3) is 0 Å². The molecule has 140 valence electrons. The molecule has 0 radical (unpaired) electrons. The number of fused-ring (bicyclic) bond motifs is 1. The van der Waals surface area contributed by atoms with E-state index in [1.165, 1.54) is 0 Å². The van der Waals surface area contributed by atoms with E-state index in [-0.39, 0.29) is 6.42 Å². The molecule has 3 aliphatic heterocycles. The topological polar surface area (TPSA) is 142 Å². The third-order valence-corrected chi connectivity index (χ3v) is 5.10. The first kappa shape index (κ1) is 17.9. The number of rotatable bonds is 6. The molecule has 10 nitrogen and oxygen atoms in total.